The van der Waals surface area contributed by atoms with Crippen LogP contribution in [-0.4, -0.2) is 58.7 Å². The number of benzene rings is 1. The summed E-state index contributed by atoms with van der Waals surface area (Å²) in [5, 5.41) is 4.32. The van der Waals surface area contributed by atoms with Crippen LogP contribution >= 0.6 is 11.3 Å². The normalized spacial score (nSPS) is 16.2. The van der Waals surface area contributed by atoms with Gasteiger partial charge in [-0.15, -0.1) is 11.3 Å². The van der Waals surface area contributed by atoms with Crippen molar-refractivity contribution < 1.29 is 18.8 Å². The Hall–Kier alpha value is -2.81. The molecule has 2 heterocycles. The van der Waals surface area contributed by atoms with Crippen LogP contribution in [0.4, 0.5) is 9.52 Å². The molecule has 0 spiro atoms. The van der Waals surface area contributed by atoms with Crippen molar-refractivity contribution in [3.05, 3.63) is 46.7 Å². The van der Waals surface area contributed by atoms with Crippen LogP contribution in [0.25, 0.3) is 0 Å². The molecule has 1 N–H and O–H groups in total. The van der Waals surface area contributed by atoms with Gasteiger partial charge in [0, 0.05) is 31.6 Å². The third kappa shape index (κ3) is 4.84. The molecule has 0 radical (unpaired) electrons. The summed E-state index contributed by atoms with van der Waals surface area (Å²) < 4.78 is 13.8. The van der Waals surface area contributed by atoms with Crippen molar-refractivity contribution in [2.75, 3.05) is 31.5 Å². The number of anilines is 1. The van der Waals surface area contributed by atoms with E-state index in [1.54, 1.807) is 21.2 Å². The van der Waals surface area contributed by atoms with E-state index in [1.807, 2.05) is 13.8 Å². The third-order valence-corrected chi connectivity index (χ3v) is 5.95. The number of nitrogens with zero attached hydrogens (tertiary/aromatic N) is 3. The van der Waals surface area contributed by atoms with Crippen LogP contribution in [0.3, 0.4) is 0 Å². The van der Waals surface area contributed by atoms with Gasteiger partial charge in [0.2, 0.25) is 5.91 Å². The van der Waals surface area contributed by atoms with Crippen molar-refractivity contribution in [2.45, 2.75) is 26.7 Å². The quantitative estimate of drug-likeness (QED) is 0.760. The molecular formula is C21H25FN4O3S. The number of piperidine rings is 1. The van der Waals surface area contributed by atoms with Gasteiger partial charge >= 0.3 is 0 Å². The van der Waals surface area contributed by atoms with E-state index >= 15 is 0 Å². The molecule has 1 fully saturated rings. The number of rotatable bonds is 6. The average molecular weight is 433 g/mol. The van der Waals surface area contributed by atoms with Crippen LogP contribution in [0.5, 0.6) is 0 Å². The van der Waals surface area contributed by atoms with Crippen molar-refractivity contribution in [2.24, 2.45) is 5.92 Å². The number of carbonyl (C=O) groups is 3. The summed E-state index contributed by atoms with van der Waals surface area (Å²) >= 11 is 1.10. The fourth-order valence-electron chi connectivity index (χ4n) is 3.56. The van der Waals surface area contributed by atoms with E-state index in [9.17, 15) is 18.8 Å². The van der Waals surface area contributed by atoms with Crippen molar-refractivity contribution in [1.29, 1.82) is 0 Å². The highest BCUT2D eigenvalue weighted by Crippen LogP contribution is 2.23. The van der Waals surface area contributed by atoms with Gasteiger partial charge in [-0.2, -0.15) is 0 Å². The molecule has 0 bridgehead atoms. The minimum atomic E-state index is -0.625. The summed E-state index contributed by atoms with van der Waals surface area (Å²) in [7, 11) is 0. The maximum Gasteiger partial charge on any atom is 0.273 e. The molecule has 9 heteroatoms. The number of likely N-dealkylation sites (tertiary alicyclic amines) is 1. The average Bonchev–Trinajstić information content (AvgIpc) is 3.22. The first kappa shape index (κ1) is 21.9. The molecule has 30 heavy (non-hydrogen) atoms. The fraction of sp³-hybridized carbons (Fsp3) is 0.429. The Morgan fingerprint density at radius 2 is 2.00 bits per heavy atom. The van der Waals surface area contributed by atoms with E-state index in [2.05, 4.69) is 10.3 Å². The summed E-state index contributed by atoms with van der Waals surface area (Å²) in [4.78, 5) is 45.4. The Labute approximate surface area is 178 Å². The number of halogens is 1. The smallest absolute Gasteiger partial charge is 0.273 e. The number of thiazole rings is 1. The Kier molecular flexibility index (Phi) is 7.15. The molecular weight excluding hydrogens is 407 g/mol. The van der Waals surface area contributed by atoms with Crippen LogP contribution < -0.4 is 5.32 Å². The van der Waals surface area contributed by atoms with Gasteiger partial charge in [0.15, 0.2) is 5.13 Å². The molecule has 1 aromatic heterocycles. The topological polar surface area (TPSA) is 82.6 Å². The number of aromatic nitrogens is 1. The fourth-order valence-corrected chi connectivity index (χ4v) is 4.24. The van der Waals surface area contributed by atoms with Crippen LogP contribution in [0.2, 0.25) is 0 Å². The lowest BCUT2D eigenvalue weighted by Crippen LogP contribution is -2.46. The van der Waals surface area contributed by atoms with Gasteiger partial charge in [0.05, 0.1) is 11.5 Å². The van der Waals surface area contributed by atoms with Crippen LogP contribution in [-0.2, 0) is 4.79 Å². The first-order valence-electron chi connectivity index (χ1n) is 10.0. The first-order valence-corrected chi connectivity index (χ1v) is 10.9. The summed E-state index contributed by atoms with van der Waals surface area (Å²) in [5.74, 6) is -1.64. The van der Waals surface area contributed by atoms with E-state index < -0.39 is 11.7 Å². The molecule has 0 aliphatic carbocycles. The lowest BCUT2D eigenvalue weighted by molar-refractivity contribution is -0.136. The summed E-state index contributed by atoms with van der Waals surface area (Å²) in [5.41, 5.74) is 0.120. The Morgan fingerprint density at radius 3 is 2.70 bits per heavy atom. The zero-order valence-electron chi connectivity index (χ0n) is 17.1. The van der Waals surface area contributed by atoms with Gasteiger partial charge in [-0.3, -0.25) is 19.7 Å². The van der Waals surface area contributed by atoms with Gasteiger partial charge in [-0.1, -0.05) is 12.1 Å². The predicted molar refractivity (Wildman–Crippen MR) is 113 cm³/mol. The monoisotopic (exact) mass is 432 g/mol. The molecule has 0 unspecified atom stereocenters. The number of carbonyl (C=O) groups excluding carboxylic acids is 3. The van der Waals surface area contributed by atoms with E-state index in [0.717, 1.165) is 24.2 Å². The van der Waals surface area contributed by atoms with Crippen LogP contribution in [0.15, 0.2) is 29.6 Å². The zero-order chi connectivity index (χ0) is 21.7. The minimum absolute atomic E-state index is 0.0774. The van der Waals surface area contributed by atoms with Crippen molar-refractivity contribution >= 4 is 34.2 Å². The maximum atomic E-state index is 13.8. The van der Waals surface area contributed by atoms with E-state index in [-0.39, 0.29) is 34.1 Å². The highest BCUT2D eigenvalue weighted by Gasteiger charge is 2.31. The molecule has 2 aromatic rings. The lowest BCUT2D eigenvalue weighted by Gasteiger charge is -2.34. The molecule has 3 amide bonds. The molecule has 1 saturated heterocycles. The molecule has 1 atom stereocenters. The van der Waals surface area contributed by atoms with Crippen LogP contribution in [0.1, 0.15) is 47.5 Å². The summed E-state index contributed by atoms with van der Waals surface area (Å²) in [6.07, 6.45) is 1.52. The highest BCUT2D eigenvalue weighted by atomic mass is 32.1. The number of nitrogens with one attached hydrogen (secondary N) is 1. The third-order valence-electron chi connectivity index (χ3n) is 5.20. The molecule has 7 nitrogen and oxygen atoms in total. The molecule has 3 rings (SSSR count). The second kappa shape index (κ2) is 9.80. The first-order chi connectivity index (χ1) is 14.4. The Balaban J connectivity index is 1.65. The zero-order valence-corrected chi connectivity index (χ0v) is 17.9. The van der Waals surface area contributed by atoms with Crippen molar-refractivity contribution in [3.63, 3.8) is 0 Å². The maximum absolute atomic E-state index is 13.8. The Bertz CT molecular complexity index is 928. The molecule has 160 valence electrons. The number of hydrogen-bond acceptors (Lipinski definition) is 5. The number of amides is 3. The molecule has 1 aliphatic rings. The molecule has 1 aliphatic heterocycles. The highest BCUT2D eigenvalue weighted by molar-refractivity contribution is 7.14. The largest absolute Gasteiger partial charge is 0.343 e. The minimum Gasteiger partial charge on any atom is -0.343 e. The summed E-state index contributed by atoms with van der Waals surface area (Å²) in [6, 6.07) is 5.66. The molecule has 1 aromatic carbocycles. The summed E-state index contributed by atoms with van der Waals surface area (Å²) in [6.45, 7) is 6.12. The van der Waals surface area contributed by atoms with Gasteiger partial charge in [-0.05, 0) is 38.8 Å². The van der Waals surface area contributed by atoms with Gasteiger partial charge in [-0.25, -0.2) is 9.37 Å². The van der Waals surface area contributed by atoms with Crippen LogP contribution in [0, 0.1) is 11.7 Å². The van der Waals surface area contributed by atoms with Crippen molar-refractivity contribution in [1.82, 2.24) is 14.8 Å². The van der Waals surface area contributed by atoms with Gasteiger partial charge < -0.3 is 9.80 Å². The standard InChI is InChI=1S/C21H25FN4O3S/c1-3-25(4-2)19(28)14-8-7-11-26(12-14)20(29)17-13-30-21(23-17)24-18(27)15-9-5-6-10-16(15)22/h5-6,9-10,13-14H,3-4,7-8,11-12H2,1-2H3,(H,23,24,27)/t14-/m0/s1. The second-order valence-electron chi connectivity index (χ2n) is 7.07. The Morgan fingerprint density at radius 1 is 1.27 bits per heavy atom. The SMILES string of the molecule is CCN(CC)C(=O)[C@H]1CCCN(C(=O)c2csc(NC(=O)c3ccccc3F)n2)C1. The van der Waals surface area contributed by atoms with Gasteiger partial charge in [0.25, 0.3) is 11.8 Å². The van der Waals surface area contributed by atoms with Gasteiger partial charge in [0.1, 0.15) is 11.5 Å². The van der Waals surface area contributed by atoms with Crippen molar-refractivity contribution in [3.8, 4) is 0 Å². The van der Waals surface area contributed by atoms with E-state index in [0.29, 0.717) is 26.2 Å². The number of hydrogen-bond donors (Lipinski definition) is 1. The molecule has 0 saturated carbocycles. The lowest BCUT2D eigenvalue weighted by atomic mass is 9.96. The van der Waals surface area contributed by atoms with E-state index in [1.165, 1.54) is 18.2 Å². The predicted octanol–water partition coefficient (Wildman–Crippen LogP) is 3.26. The second-order valence-corrected chi connectivity index (χ2v) is 7.93. The van der Waals surface area contributed by atoms with E-state index in [4.69, 9.17) is 0 Å².